The van der Waals surface area contributed by atoms with E-state index in [2.05, 4.69) is 10.2 Å². The third-order valence-electron chi connectivity index (χ3n) is 6.13. The zero-order valence-corrected chi connectivity index (χ0v) is 17.8. The number of piperazine rings is 1. The van der Waals surface area contributed by atoms with Crippen LogP contribution < -0.4 is 5.32 Å². The fraction of sp³-hybridized carbons (Fsp3) is 0.571. The number of fused-ring (bicyclic) bond motifs is 1. The standard InChI is InChI=1S/C21H28N4O3.ClH/c1-14(2)18(25-19(26)16-5-3-4-6-17(16)20(25)27)21(28)24-10-7-15(13-24)23-11-8-22-9-12-23;/h3-6,14-15,18,22H,7-13H2,1-2H3;1H. The zero-order chi connectivity index (χ0) is 19.8. The SMILES string of the molecule is CC(C)C(C(=O)N1CCC(N2CCNCC2)C1)N1C(=O)c2ccccc2C1=O.Cl. The molecule has 3 aliphatic heterocycles. The third kappa shape index (κ3) is 3.91. The Bertz CT molecular complexity index is 759. The number of benzene rings is 1. The number of likely N-dealkylation sites (tertiary alicyclic amines) is 1. The molecule has 1 aromatic carbocycles. The molecule has 3 aliphatic rings. The fourth-order valence-electron chi connectivity index (χ4n) is 4.63. The van der Waals surface area contributed by atoms with E-state index in [1.54, 1.807) is 24.3 Å². The maximum Gasteiger partial charge on any atom is 0.262 e. The fourth-order valence-corrected chi connectivity index (χ4v) is 4.63. The van der Waals surface area contributed by atoms with Gasteiger partial charge in [0.15, 0.2) is 0 Å². The van der Waals surface area contributed by atoms with Crippen LogP contribution in [-0.2, 0) is 4.79 Å². The molecule has 4 rings (SSSR count). The number of hydrogen-bond donors (Lipinski definition) is 1. The van der Waals surface area contributed by atoms with Gasteiger partial charge in [0, 0.05) is 45.3 Å². The van der Waals surface area contributed by atoms with Crippen molar-refractivity contribution in [3.63, 3.8) is 0 Å². The lowest BCUT2D eigenvalue weighted by Crippen LogP contribution is -2.54. The van der Waals surface area contributed by atoms with E-state index in [4.69, 9.17) is 0 Å². The first-order valence-electron chi connectivity index (χ1n) is 10.2. The Morgan fingerprint density at radius 1 is 1.03 bits per heavy atom. The van der Waals surface area contributed by atoms with Gasteiger partial charge in [-0.1, -0.05) is 26.0 Å². The monoisotopic (exact) mass is 420 g/mol. The number of halogens is 1. The van der Waals surface area contributed by atoms with Crippen molar-refractivity contribution in [3.05, 3.63) is 35.4 Å². The summed E-state index contributed by atoms with van der Waals surface area (Å²) in [7, 11) is 0. The zero-order valence-electron chi connectivity index (χ0n) is 17.0. The Hall–Kier alpha value is -1.96. The van der Waals surface area contributed by atoms with Crippen LogP contribution in [0.5, 0.6) is 0 Å². The molecule has 2 atom stereocenters. The molecule has 1 N–H and O–H groups in total. The summed E-state index contributed by atoms with van der Waals surface area (Å²) in [5.74, 6) is -0.967. The largest absolute Gasteiger partial charge is 0.339 e. The summed E-state index contributed by atoms with van der Waals surface area (Å²) in [6.07, 6.45) is 0.943. The van der Waals surface area contributed by atoms with Gasteiger partial charge in [-0.3, -0.25) is 24.2 Å². The van der Waals surface area contributed by atoms with Crippen LogP contribution >= 0.6 is 12.4 Å². The summed E-state index contributed by atoms with van der Waals surface area (Å²) in [5.41, 5.74) is 0.789. The van der Waals surface area contributed by atoms with Crippen LogP contribution in [0.4, 0.5) is 0 Å². The van der Waals surface area contributed by atoms with Gasteiger partial charge in [-0.25, -0.2) is 0 Å². The Labute approximate surface area is 177 Å². The van der Waals surface area contributed by atoms with Crippen molar-refractivity contribution in [2.45, 2.75) is 32.4 Å². The van der Waals surface area contributed by atoms with Gasteiger partial charge in [-0.05, 0) is 24.5 Å². The summed E-state index contributed by atoms with van der Waals surface area (Å²) in [4.78, 5) is 44.7. The quantitative estimate of drug-likeness (QED) is 0.742. The van der Waals surface area contributed by atoms with Crippen molar-refractivity contribution in [2.24, 2.45) is 5.92 Å². The van der Waals surface area contributed by atoms with Crippen LogP contribution in [0.3, 0.4) is 0 Å². The lowest BCUT2D eigenvalue weighted by molar-refractivity contribution is -0.136. The van der Waals surface area contributed by atoms with Gasteiger partial charge in [0.05, 0.1) is 11.1 Å². The average molecular weight is 421 g/mol. The summed E-state index contributed by atoms with van der Waals surface area (Å²) in [6, 6.07) is 6.42. The number of nitrogens with zero attached hydrogens (tertiary/aromatic N) is 3. The summed E-state index contributed by atoms with van der Waals surface area (Å²) < 4.78 is 0. The molecule has 0 spiro atoms. The minimum Gasteiger partial charge on any atom is -0.339 e. The average Bonchev–Trinajstić information content (AvgIpc) is 3.29. The van der Waals surface area contributed by atoms with Crippen molar-refractivity contribution >= 4 is 30.1 Å². The lowest BCUT2D eigenvalue weighted by Gasteiger charge is -2.34. The molecule has 0 saturated carbocycles. The van der Waals surface area contributed by atoms with E-state index in [9.17, 15) is 14.4 Å². The van der Waals surface area contributed by atoms with E-state index in [-0.39, 0.29) is 36.0 Å². The minimum absolute atomic E-state index is 0. The number of amides is 3. The molecule has 2 saturated heterocycles. The van der Waals surface area contributed by atoms with Crippen LogP contribution in [0.15, 0.2) is 24.3 Å². The topological polar surface area (TPSA) is 73.0 Å². The highest BCUT2D eigenvalue weighted by molar-refractivity contribution is 6.22. The first-order chi connectivity index (χ1) is 13.5. The molecule has 0 radical (unpaired) electrons. The Kier molecular flexibility index (Phi) is 6.61. The van der Waals surface area contributed by atoms with Crippen LogP contribution in [0, 0.1) is 5.92 Å². The first kappa shape index (κ1) is 21.7. The van der Waals surface area contributed by atoms with Crippen molar-refractivity contribution in [3.8, 4) is 0 Å². The van der Waals surface area contributed by atoms with Gasteiger partial charge in [0.2, 0.25) is 5.91 Å². The molecule has 158 valence electrons. The normalized spacial score (nSPS) is 23.3. The van der Waals surface area contributed by atoms with Crippen LogP contribution in [0.1, 0.15) is 41.0 Å². The Morgan fingerprint density at radius 2 is 1.62 bits per heavy atom. The molecule has 8 heteroatoms. The number of imide groups is 1. The second kappa shape index (κ2) is 8.81. The summed E-state index contributed by atoms with van der Waals surface area (Å²) in [6.45, 7) is 9.11. The van der Waals surface area contributed by atoms with Gasteiger partial charge in [-0.15, -0.1) is 12.4 Å². The molecule has 29 heavy (non-hydrogen) atoms. The Morgan fingerprint density at radius 3 is 2.17 bits per heavy atom. The van der Waals surface area contributed by atoms with Crippen molar-refractivity contribution in [2.75, 3.05) is 39.3 Å². The van der Waals surface area contributed by atoms with Crippen LogP contribution in [0.2, 0.25) is 0 Å². The Balaban J connectivity index is 0.00000240. The molecule has 7 nitrogen and oxygen atoms in total. The highest BCUT2D eigenvalue weighted by Gasteiger charge is 2.46. The van der Waals surface area contributed by atoms with Crippen molar-refractivity contribution in [1.29, 1.82) is 0 Å². The molecule has 0 bridgehead atoms. The van der Waals surface area contributed by atoms with Crippen molar-refractivity contribution < 1.29 is 14.4 Å². The molecule has 3 amide bonds. The predicted octanol–water partition coefficient (Wildman–Crippen LogP) is 1.24. The second-order valence-corrected chi connectivity index (χ2v) is 8.23. The van der Waals surface area contributed by atoms with Gasteiger partial charge < -0.3 is 10.2 Å². The third-order valence-corrected chi connectivity index (χ3v) is 6.13. The number of carbonyl (C=O) groups is 3. The smallest absolute Gasteiger partial charge is 0.262 e. The molecular formula is C21H29ClN4O3. The van der Waals surface area contributed by atoms with E-state index < -0.39 is 6.04 Å². The molecule has 2 fully saturated rings. The van der Waals surface area contributed by atoms with Gasteiger partial charge in [0.25, 0.3) is 11.8 Å². The molecule has 2 unspecified atom stereocenters. The second-order valence-electron chi connectivity index (χ2n) is 8.23. The maximum absolute atomic E-state index is 13.4. The predicted molar refractivity (Wildman–Crippen MR) is 112 cm³/mol. The summed E-state index contributed by atoms with van der Waals surface area (Å²) in [5, 5.41) is 3.36. The van der Waals surface area contributed by atoms with Gasteiger partial charge in [0.1, 0.15) is 6.04 Å². The number of nitrogens with one attached hydrogen (secondary N) is 1. The van der Waals surface area contributed by atoms with Gasteiger partial charge >= 0.3 is 0 Å². The van der Waals surface area contributed by atoms with E-state index in [1.165, 1.54) is 4.90 Å². The van der Waals surface area contributed by atoms with E-state index in [0.29, 0.717) is 30.3 Å². The highest BCUT2D eigenvalue weighted by Crippen LogP contribution is 2.29. The van der Waals surface area contributed by atoms with Gasteiger partial charge in [-0.2, -0.15) is 0 Å². The molecule has 3 heterocycles. The summed E-state index contributed by atoms with van der Waals surface area (Å²) >= 11 is 0. The minimum atomic E-state index is -0.755. The van der Waals surface area contributed by atoms with E-state index in [1.807, 2.05) is 18.7 Å². The lowest BCUT2D eigenvalue weighted by atomic mass is 10.0. The van der Waals surface area contributed by atoms with Crippen LogP contribution in [0.25, 0.3) is 0 Å². The highest BCUT2D eigenvalue weighted by atomic mass is 35.5. The first-order valence-corrected chi connectivity index (χ1v) is 10.2. The van der Waals surface area contributed by atoms with E-state index >= 15 is 0 Å². The molecule has 0 aliphatic carbocycles. The number of carbonyl (C=O) groups excluding carboxylic acids is 3. The van der Waals surface area contributed by atoms with E-state index in [0.717, 1.165) is 32.6 Å². The molecule has 0 aromatic heterocycles. The number of rotatable bonds is 4. The van der Waals surface area contributed by atoms with Crippen molar-refractivity contribution in [1.82, 2.24) is 20.0 Å². The molecular weight excluding hydrogens is 392 g/mol. The molecule has 1 aromatic rings. The number of hydrogen-bond acceptors (Lipinski definition) is 5. The van der Waals surface area contributed by atoms with Crippen LogP contribution in [-0.4, -0.2) is 83.8 Å². The maximum atomic E-state index is 13.4.